The number of alkyl carbamates (subject to hydrolysis) is 1. The molecule has 0 saturated carbocycles. The fourth-order valence-corrected chi connectivity index (χ4v) is 3.21. The molecule has 2 aromatic rings. The standard InChI is InChI=1S/C20H23NO5/c1-24-17-10-15-8-9-20(23,16(15)11-18(17)25-2)13-21-19(22)26-12-14-6-4-3-5-7-14/h3-7,10-11,23H,8-9,12-13H2,1-2H3,(H,21,22). The maximum atomic E-state index is 12.0. The lowest BCUT2D eigenvalue weighted by atomic mass is 9.95. The van der Waals surface area contributed by atoms with E-state index < -0.39 is 11.7 Å². The summed E-state index contributed by atoms with van der Waals surface area (Å²) in [6.45, 7) is 0.260. The van der Waals surface area contributed by atoms with Crippen LogP contribution in [-0.2, 0) is 23.4 Å². The Kier molecular flexibility index (Phi) is 5.32. The number of methoxy groups -OCH3 is 2. The number of aryl methyl sites for hydroxylation is 1. The summed E-state index contributed by atoms with van der Waals surface area (Å²) in [5.41, 5.74) is 1.49. The highest BCUT2D eigenvalue weighted by Crippen LogP contribution is 2.42. The van der Waals surface area contributed by atoms with Gasteiger partial charge in [-0.15, -0.1) is 0 Å². The summed E-state index contributed by atoms with van der Waals surface area (Å²) < 4.78 is 15.8. The first-order valence-electron chi connectivity index (χ1n) is 8.48. The third kappa shape index (κ3) is 3.75. The van der Waals surface area contributed by atoms with E-state index in [-0.39, 0.29) is 13.2 Å². The summed E-state index contributed by atoms with van der Waals surface area (Å²) in [6.07, 6.45) is 0.654. The molecule has 1 aliphatic rings. The number of rotatable bonds is 6. The highest BCUT2D eigenvalue weighted by Gasteiger charge is 2.38. The lowest BCUT2D eigenvalue weighted by Crippen LogP contribution is -2.39. The normalized spacial score (nSPS) is 18.1. The number of hydrogen-bond acceptors (Lipinski definition) is 5. The Bertz CT molecular complexity index is 777. The minimum absolute atomic E-state index is 0.0725. The fourth-order valence-electron chi connectivity index (χ4n) is 3.21. The number of hydrogen-bond donors (Lipinski definition) is 2. The molecule has 0 heterocycles. The second-order valence-corrected chi connectivity index (χ2v) is 6.31. The topological polar surface area (TPSA) is 77.0 Å². The highest BCUT2D eigenvalue weighted by molar-refractivity contribution is 5.67. The van der Waals surface area contributed by atoms with Gasteiger partial charge in [-0.3, -0.25) is 0 Å². The summed E-state index contributed by atoms with van der Waals surface area (Å²) in [5, 5.41) is 13.7. The van der Waals surface area contributed by atoms with Gasteiger partial charge in [-0.05, 0) is 41.7 Å². The van der Waals surface area contributed by atoms with Gasteiger partial charge in [0.05, 0.1) is 20.8 Å². The zero-order valence-corrected chi connectivity index (χ0v) is 15.0. The summed E-state index contributed by atoms with van der Waals surface area (Å²) in [4.78, 5) is 12.0. The molecule has 6 heteroatoms. The molecule has 0 saturated heterocycles. The molecule has 0 aromatic heterocycles. The largest absolute Gasteiger partial charge is 0.493 e. The van der Waals surface area contributed by atoms with Crippen LogP contribution >= 0.6 is 0 Å². The van der Waals surface area contributed by atoms with Crippen molar-refractivity contribution >= 4 is 6.09 Å². The van der Waals surface area contributed by atoms with E-state index in [0.717, 1.165) is 16.7 Å². The van der Waals surface area contributed by atoms with Gasteiger partial charge in [0.2, 0.25) is 0 Å². The zero-order valence-electron chi connectivity index (χ0n) is 15.0. The molecule has 2 N–H and O–H groups in total. The summed E-state index contributed by atoms with van der Waals surface area (Å²) in [5.74, 6) is 1.18. The molecule has 2 aromatic carbocycles. The Hall–Kier alpha value is -2.73. The van der Waals surface area contributed by atoms with Gasteiger partial charge in [0.25, 0.3) is 0 Å². The molecule has 26 heavy (non-hydrogen) atoms. The van der Waals surface area contributed by atoms with Gasteiger partial charge in [-0.25, -0.2) is 4.79 Å². The lowest BCUT2D eigenvalue weighted by Gasteiger charge is -2.25. The van der Waals surface area contributed by atoms with Gasteiger partial charge in [0.1, 0.15) is 12.2 Å². The fraction of sp³-hybridized carbons (Fsp3) is 0.350. The van der Waals surface area contributed by atoms with E-state index in [1.54, 1.807) is 20.3 Å². The van der Waals surface area contributed by atoms with Crippen molar-refractivity contribution in [3.8, 4) is 11.5 Å². The minimum Gasteiger partial charge on any atom is -0.493 e. The third-order valence-corrected chi connectivity index (χ3v) is 4.66. The predicted molar refractivity (Wildman–Crippen MR) is 96.4 cm³/mol. The summed E-state index contributed by atoms with van der Waals surface area (Å²) >= 11 is 0. The number of benzene rings is 2. The Balaban J connectivity index is 1.63. The van der Waals surface area contributed by atoms with Gasteiger partial charge >= 0.3 is 6.09 Å². The quantitative estimate of drug-likeness (QED) is 0.831. The molecule has 138 valence electrons. The SMILES string of the molecule is COc1cc2c(cc1OC)C(O)(CNC(=O)OCc1ccccc1)CC2. The highest BCUT2D eigenvalue weighted by atomic mass is 16.5. The average molecular weight is 357 g/mol. The van der Waals surface area contributed by atoms with Gasteiger partial charge < -0.3 is 24.6 Å². The molecular formula is C20H23NO5. The number of aliphatic hydroxyl groups is 1. The van der Waals surface area contributed by atoms with Crippen LogP contribution in [0.5, 0.6) is 11.5 Å². The van der Waals surface area contributed by atoms with Crippen LogP contribution in [-0.4, -0.2) is 32.0 Å². The number of amides is 1. The monoisotopic (exact) mass is 357 g/mol. The van der Waals surface area contributed by atoms with Crippen LogP contribution in [0, 0.1) is 0 Å². The van der Waals surface area contributed by atoms with Gasteiger partial charge in [-0.1, -0.05) is 30.3 Å². The van der Waals surface area contributed by atoms with Crippen molar-refractivity contribution in [1.82, 2.24) is 5.32 Å². The molecule has 1 aliphatic carbocycles. The maximum Gasteiger partial charge on any atom is 0.407 e. The minimum atomic E-state index is -1.15. The number of nitrogens with one attached hydrogen (secondary N) is 1. The van der Waals surface area contributed by atoms with E-state index in [4.69, 9.17) is 14.2 Å². The van der Waals surface area contributed by atoms with Crippen LogP contribution in [0.15, 0.2) is 42.5 Å². The molecule has 0 fully saturated rings. The van der Waals surface area contributed by atoms with Crippen molar-refractivity contribution in [2.24, 2.45) is 0 Å². The molecule has 0 aliphatic heterocycles. The van der Waals surface area contributed by atoms with Crippen molar-refractivity contribution in [2.75, 3.05) is 20.8 Å². The van der Waals surface area contributed by atoms with Crippen LogP contribution < -0.4 is 14.8 Å². The Morgan fingerprint density at radius 2 is 1.85 bits per heavy atom. The number of carbonyl (C=O) groups excluding carboxylic acids is 1. The van der Waals surface area contributed by atoms with Crippen molar-refractivity contribution in [3.05, 3.63) is 59.2 Å². The first-order chi connectivity index (χ1) is 12.6. The number of fused-ring (bicyclic) bond motifs is 1. The zero-order chi connectivity index (χ0) is 18.6. The van der Waals surface area contributed by atoms with Crippen molar-refractivity contribution < 1.29 is 24.1 Å². The number of ether oxygens (including phenoxy) is 3. The van der Waals surface area contributed by atoms with Gasteiger partial charge in [-0.2, -0.15) is 0 Å². The molecule has 0 spiro atoms. The summed E-state index contributed by atoms with van der Waals surface area (Å²) in [7, 11) is 3.13. The first-order valence-corrected chi connectivity index (χ1v) is 8.48. The average Bonchev–Trinajstić information content (AvgIpc) is 3.00. The Morgan fingerprint density at radius 3 is 2.54 bits per heavy atom. The van der Waals surface area contributed by atoms with Crippen LogP contribution in [0.2, 0.25) is 0 Å². The molecule has 1 unspecified atom stereocenters. The van der Waals surface area contributed by atoms with Crippen molar-refractivity contribution in [1.29, 1.82) is 0 Å². The number of carbonyl (C=O) groups is 1. The molecular weight excluding hydrogens is 334 g/mol. The molecule has 0 radical (unpaired) electrons. The van der Waals surface area contributed by atoms with E-state index in [0.29, 0.717) is 24.3 Å². The predicted octanol–water partition coefficient (Wildman–Crippen LogP) is 2.76. The summed E-state index contributed by atoms with van der Waals surface area (Å²) in [6, 6.07) is 13.1. The molecule has 1 amide bonds. The second-order valence-electron chi connectivity index (χ2n) is 6.31. The molecule has 3 rings (SSSR count). The van der Waals surface area contributed by atoms with Crippen LogP contribution in [0.25, 0.3) is 0 Å². The van der Waals surface area contributed by atoms with Crippen molar-refractivity contribution in [3.63, 3.8) is 0 Å². The first kappa shape index (κ1) is 18.1. The molecule has 1 atom stereocenters. The van der Waals surface area contributed by atoms with Gasteiger partial charge in [0.15, 0.2) is 11.5 Å². The maximum absolute atomic E-state index is 12.0. The smallest absolute Gasteiger partial charge is 0.407 e. The second kappa shape index (κ2) is 7.66. The third-order valence-electron chi connectivity index (χ3n) is 4.66. The lowest BCUT2D eigenvalue weighted by molar-refractivity contribution is 0.0360. The Morgan fingerprint density at radius 1 is 1.15 bits per heavy atom. The van der Waals surface area contributed by atoms with Crippen LogP contribution in [0.4, 0.5) is 4.79 Å². The molecule has 0 bridgehead atoms. The van der Waals surface area contributed by atoms with Gasteiger partial charge in [0, 0.05) is 0 Å². The van der Waals surface area contributed by atoms with Crippen LogP contribution in [0.1, 0.15) is 23.1 Å². The van der Waals surface area contributed by atoms with E-state index in [1.807, 2.05) is 36.4 Å². The van der Waals surface area contributed by atoms with Crippen LogP contribution in [0.3, 0.4) is 0 Å². The van der Waals surface area contributed by atoms with E-state index in [9.17, 15) is 9.90 Å². The van der Waals surface area contributed by atoms with Crippen molar-refractivity contribution in [2.45, 2.75) is 25.0 Å². The van der Waals surface area contributed by atoms with E-state index in [1.165, 1.54) is 0 Å². The van der Waals surface area contributed by atoms with E-state index in [2.05, 4.69) is 5.32 Å². The Labute approximate surface area is 152 Å². The molecule has 6 nitrogen and oxygen atoms in total. The van der Waals surface area contributed by atoms with E-state index >= 15 is 0 Å².